The molecule has 0 bridgehead atoms. The normalized spacial score (nSPS) is 10.6. The molecule has 2 aromatic carbocycles. The standard InChI is InChI=1S/C16H14BrNO6/c1-2-3-4-24-16(22)9-5-8-6-10(17)14(20)13(18-23)12(8)15(21)11(19)7-9/h5-7,20H,2-4H2,1H3,(H,19,21). The Morgan fingerprint density at radius 3 is 2.62 bits per heavy atom. The lowest BCUT2D eigenvalue weighted by Gasteiger charge is -2.03. The maximum Gasteiger partial charge on any atom is 0.338 e. The molecular formula is C16H14BrNO6. The van der Waals surface area contributed by atoms with Crippen LogP contribution in [-0.2, 0) is 4.74 Å². The van der Waals surface area contributed by atoms with E-state index in [-0.39, 0.29) is 27.4 Å². The van der Waals surface area contributed by atoms with Crippen LogP contribution in [0, 0.1) is 4.91 Å². The van der Waals surface area contributed by atoms with Gasteiger partial charge in [0.1, 0.15) is 0 Å². The van der Waals surface area contributed by atoms with Gasteiger partial charge < -0.3 is 14.9 Å². The third-order valence-electron chi connectivity index (χ3n) is 3.38. The molecule has 0 saturated carbocycles. The van der Waals surface area contributed by atoms with Crippen LogP contribution in [0.1, 0.15) is 30.1 Å². The summed E-state index contributed by atoms with van der Waals surface area (Å²) >= 11 is 3.05. The van der Waals surface area contributed by atoms with E-state index in [1.807, 2.05) is 6.92 Å². The van der Waals surface area contributed by atoms with E-state index >= 15 is 0 Å². The molecule has 126 valence electrons. The smallest absolute Gasteiger partial charge is 0.338 e. The zero-order valence-corrected chi connectivity index (χ0v) is 14.3. The number of carbonyl (C=O) groups excluding carboxylic acids is 1. The second-order valence-corrected chi connectivity index (χ2v) is 5.91. The van der Waals surface area contributed by atoms with Crippen molar-refractivity contribution in [3.05, 3.63) is 43.4 Å². The predicted molar refractivity (Wildman–Crippen MR) is 91.9 cm³/mol. The van der Waals surface area contributed by atoms with Crippen LogP contribution in [0.15, 0.2) is 32.6 Å². The molecule has 7 nitrogen and oxygen atoms in total. The van der Waals surface area contributed by atoms with Gasteiger partial charge in [-0.25, -0.2) is 4.79 Å². The number of ether oxygens (including phenoxy) is 1. The highest BCUT2D eigenvalue weighted by atomic mass is 79.9. The first kappa shape index (κ1) is 17.9. The van der Waals surface area contributed by atoms with Crippen LogP contribution in [0.4, 0.5) is 5.69 Å². The molecule has 0 atom stereocenters. The van der Waals surface area contributed by atoms with Crippen LogP contribution in [-0.4, -0.2) is 22.8 Å². The number of hydrogen-bond acceptors (Lipinski definition) is 7. The Hall–Kier alpha value is -2.48. The average molecular weight is 396 g/mol. The Kier molecular flexibility index (Phi) is 5.50. The topological polar surface area (TPSA) is 113 Å². The minimum atomic E-state index is -0.921. The molecule has 24 heavy (non-hydrogen) atoms. The first-order chi connectivity index (χ1) is 11.4. The van der Waals surface area contributed by atoms with Crippen molar-refractivity contribution in [3.8, 4) is 11.5 Å². The van der Waals surface area contributed by atoms with Crippen LogP contribution in [0.25, 0.3) is 10.8 Å². The molecule has 0 fully saturated rings. The summed E-state index contributed by atoms with van der Waals surface area (Å²) < 4.78 is 5.19. The number of phenolic OH excluding ortho intramolecular Hbond substituents is 1. The number of benzene rings is 1. The summed E-state index contributed by atoms with van der Waals surface area (Å²) in [6, 6.07) is 3.61. The molecule has 0 saturated heterocycles. The van der Waals surface area contributed by atoms with E-state index in [1.165, 1.54) is 12.1 Å². The number of nitrogens with zero attached hydrogens (tertiary/aromatic N) is 1. The fourth-order valence-electron chi connectivity index (χ4n) is 2.15. The minimum absolute atomic E-state index is 0.0508. The molecule has 0 aliphatic carbocycles. The van der Waals surface area contributed by atoms with Crippen LogP contribution >= 0.6 is 15.9 Å². The number of nitroso groups, excluding NO2 is 1. The SMILES string of the molecule is CCCCOC(=O)c1cc(O)c(=O)c2c(N=O)c(O)c(Br)cc2c1. The lowest BCUT2D eigenvalue weighted by Crippen LogP contribution is -2.05. The van der Waals surface area contributed by atoms with Gasteiger partial charge in [-0.3, -0.25) is 4.79 Å². The lowest BCUT2D eigenvalue weighted by atomic mass is 10.1. The van der Waals surface area contributed by atoms with E-state index in [4.69, 9.17) is 4.74 Å². The van der Waals surface area contributed by atoms with Crippen molar-refractivity contribution in [1.29, 1.82) is 0 Å². The van der Waals surface area contributed by atoms with Crippen molar-refractivity contribution in [3.63, 3.8) is 0 Å². The monoisotopic (exact) mass is 395 g/mol. The van der Waals surface area contributed by atoms with E-state index in [9.17, 15) is 24.7 Å². The van der Waals surface area contributed by atoms with Gasteiger partial charge in [0.25, 0.3) is 0 Å². The number of esters is 1. The Labute approximate surface area is 145 Å². The molecule has 2 N–H and O–H groups in total. The number of phenols is 1. The fourth-order valence-corrected chi connectivity index (χ4v) is 2.58. The molecule has 0 unspecified atom stereocenters. The number of unbranched alkanes of at least 4 members (excludes halogenated alkanes) is 1. The Morgan fingerprint density at radius 1 is 1.29 bits per heavy atom. The zero-order valence-electron chi connectivity index (χ0n) is 12.7. The van der Waals surface area contributed by atoms with Gasteiger partial charge in [-0.1, -0.05) is 13.3 Å². The third kappa shape index (κ3) is 3.38. The van der Waals surface area contributed by atoms with Crippen LogP contribution in [0.3, 0.4) is 0 Å². The zero-order chi connectivity index (χ0) is 17.9. The van der Waals surface area contributed by atoms with E-state index in [1.54, 1.807) is 0 Å². The Bertz CT molecular complexity index is 881. The van der Waals surface area contributed by atoms with Gasteiger partial charge in [-0.15, -0.1) is 4.91 Å². The molecule has 0 amide bonds. The van der Waals surface area contributed by atoms with Crippen molar-refractivity contribution in [1.82, 2.24) is 0 Å². The van der Waals surface area contributed by atoms with E-state index < -0.39 is 28.6 Å². The maximum atomic E-state index is 12.3. The number of aromatic hydroxyl groups is 2. The molecule has 0 aliphatic heterocycles. The van der Waals surface area contributed by atoms with Gasteiger partial charge in [-0.2, -0.15) is 0 Å². The van der Waals surface area contributed by atoms with E-state index in [0.717, 1.165) is 12.5 Å². The van der Waals surface area contributed by atoms with Gasteiger partial charge >= 0.3 is 5.97 Å². The second kappa shape index (κ2) is 7.39. The highest BCUT2D eigenvalue weighted by Crippen LogP contribution is 2.40. The number of fused-ring (bicyclic) bond motifs is 1. The Morgan fingerprint density at radius 2 is 2.00 bits per heavy atom. The molecule has 0 aromatic heterocycles. The van der Waals surface area contributed by atoms with E-state index in [0.29, 0.717) is 6.42 Å². The maximum absolute atomic E-state index is 12.3. The lowest BCUT2D eigenvalue weighted by molar-refractivity contribution is 0.0499. The molecule has 0 spiro atoms. The van der Waals surface area contributed by atoms with Crippen molar-refractivity contribution in [2.24, 2.45) is 5.18 Å². The van der Waals surface area contributed by atoms with Crippen molar-refractivity contribution >= 4 is 38.4 Å². The van der Waals surface area contributed by atoms with E-state index in [2.05, 4.69) is 21.1 Å². The molecule has 8 heteroatoms. The van der Waals surface area contributed by atoms with Crippen molar-refractivity contribution in [2.75, 3.05) is 6.61 Å². The summed E-state index contributed by atoms with van der Waals surface area (Å²) in [6.07, 6.45) is 1.53. The van der Waals surface area contributed by atoms with Crippen molar-refractivity contribution < 1.29 is 19.7 Å². The molecule has 2 rings (SSSR count). The van der Waals surface area contributed by atoms with Gasteiger partial charge in [0.15, 0.2) is 17.2 Å². The predicted octanol–water partition coefficient (Wildman–Crippen LogP) is 3.73. The second-order valence-electron chi connectivity index (χ2n) is 5.06. The fraction of sp³-hybridized carbons (Fsp3) is 0.250. The van der Waals surface area contributed by atoms with Crippen LogP contribution in [0.2, 0.25) is 0 Å². The van der Waals surface area contributed by atoms with Crippen LogP contribution in [0.5, 0.6) is 11.5 Å². The average Bonchev–Trinajstić information content (AvgIpc) is 2.67. The third-order valence-corrected chi connectivity index (χ3v) is 3.98. The van der Waals surface area contributed by atoms with Gasteiger partial charge in [0, 0.05) is 0 Å². The molecule has 0 aliphatic rings. The first-order valence-corrected chi connectivity index (χ1v) is 7.93. The van der Waals surface area contributed by atoms with Gasteiger partial charge in [-0.05, 0) is 51.1 Å². The quantitative estimate of drug-likeness (QED) is 0.452. The summed E-state index contributed by atoms with van der Waals surface area (Å²) in [7, 11) is 0. The summed E-state index contributed by atoms with van der Waals surface area (Å²) in [6.45, 7) is 2.15. The Balaban J connectivity index is 2.73. The summed E-state index contributed by atoms with van der Waals surface area (Å²) in [4.78, 5) is 35.4. The van der Waals surface area contributed by atoms with Crippen LogP contribution < -0.4 is 5.43 Å². The number of carbonyl (C=O) groups is 1. The number of rotatable bonds is 5. The largest absolute Gasteiger partial charge is 0.504 e. The molecule has 2 aromatic rings. The first-order valence-electron chi connectivity index (χ1n) is 7.13. The molecule has 0 radical (unpaired) electrons. The van der Waals surface area contributed by atoms with Gasteiger partial charge in [0.2, 0.25) is 5.43 Å². The summed E-state index contributed by atoms with van der Waals surface area (Å²) in [5.41, 5.74) is -1.48. The minimum Gasteiger partial charge on any atom is -0.504 e. The van der Waals surface area contributed by atoms with Gasteiger partial charge in [0.05, 0.1) is 22.0 Å². The molecular weight excluding hydrogens is 382 g/mol. The summed E-state index contributed by atoms with van der Waals surface area (Å²) in [5.74, 6) is -1.98. The summed E-state index contributed by atoms with van der Waals surface area (Å²) in [5, 5.41) is 22.3. The molecule has 0 heterocycles. The highest BCUT2D eigenvalue weighted by molar-refractivity contribution is 9.10. The van der Waals surface area contributed by atoms with Crippen molar-refractivity contribution in [2.45, 2.75) is 19.8 Å². The number of hydrogen-bond donors (Lipinski definition) is 2. The highest BCUT2D eigenvalue weighted by Gasteiger charge is 2.18. The number of halogens is 1.